The first-order valence-electron chi connectivity index (χ1n) is 11.0. The largest absolute Gasteiger partial charge is 0.463 e. The number of halogens is 2. The zero-order chi connectivity index (χ0) is 24.8. The minimum Gasteiger partial charge on any atom is -0.463 e. The molecule has 3 heterocycles. The van der Waals surface area contributed by atoms with Crippen LogP contribution in [0.5, 0.6) is 0 Å². The molecule has 0 amide bonds. The number of esters is 1. The van der Waals surface area contributed by atoms with Crippen LogP contribution in [0.15, 0.2) is 56.6 Å². The van der Waals surface area contributed by atoms with E-state index in [0.717, 1.165) is 34.0 Å². The van der Waals surface area contributed by atoms with E-state index in [-0.39, 0.29) is 11.8 Å². The van der Waals surface area contributed by atoms with Crippen molar-refractivity contribution in [1.29, 1.82) is 0 Å². The summed E-state index contributed by atoms with van der Waals surface area (Å²) >= 11 is 6.14. The number of benzene rings is 1. The lowest BCUT2D eigenvalue weighted by Gasteiger charge is -2.26. The number of carbonyl (C=O) groups is 1. The van der Waals surface area contributed by atoms with Crippen molar-refractivity contribution in [3.63, 3.8) is 0 Å². The first-order valence-corrected chi connectivity index (χ1v) is 13.6. The number of ether oxygens (including phenoxy) is 1. The predicted molar refractivity (Wildman–Crippen MR) is 141 cm³/mol. The molecule has 0 spiro atoms. The average Bonchev–Trinajstić information content (AvgIpc) is 3.26. The number of nitrogens with one attached hydrogen (secondary N) is 1. The van der Waals surface area contributed by atoms with Gasteiger partial charge in [-0.15, -0.1) is 11.3 Å². The van der Waals surface area contributed by atoms with Crippen LogP contribution in [-0.2, 0) is 13.7 Å². The number of aromatic nitrogens is 1. The van der Waals surface area contributed by atoms with Crippen LogP contribution in [-0.4, -0.2) is 66.8 Å². The smallest absolute Gasteiger partial charge is 0.337 e. The molecule has 0 saturated carbocycles. The number of nitrogens with zero attached hydrogens (tertiary/aromatic N) is 3. The van der Waals surface area contributed by atoms with Gasteiger partial charge >= 0.3 is 5.97 Å². The number of amidine groups is 1. The lowest BCUT2D eigenvalue weighted by Crippen LogP contribution is -2.39. The van der Waals surface area contributed by atoms with Crippen molar-refractivity contribution in [2.24, 2.45) is 4.99 Å². The van der Waals surface area contributed by atoms with Gasteiger partial charge in [0.15, 0.2) is 10.8 Å². The summed E-state index contributed by atoms with van der Waals surface area (Å²) in [5, 5.41) is 6.03. The van der Waals surface area contributed by atoms with Crippen molar-refractivity contribution in [3.05, 3.63) is 62.4 Å². The third kappa shape index (κ3) is 9.46. The Kier molecular flexibility index (Phi) is 13.4. The maximum atomic E-state index is 12.3. The molecule has 1 saturated heterocycles. The normalized spacial score (nSPS) is 16.1. The van der Waals surface area contributed by atoms with Crippen molar-refractivity contribution in [1.82, 2.24) is 15.2 Å². The lowest BCUT2D eigenvalue weighted by molar-refractivity contribution is -0.138. The SMILES string of the molecule is CC.CCOC(=O)C1=C(CN2CCOSCC2)NC(c2nccs2)=NC1.Fc1cccc(Br)c1. The van der Waals surface area contributed by atoms with Gasteiger partial charge < -0.3 is 14.2 Å². The monoisotopic (exact) mass is 572 g/mol. The van der Waals surface area contributed by atoms with Gasteiger partial charge in [-0.25, -0.2) is 14.2 Å². The highest BCUT2D eigenvalue weighted by molar-refractivity contribution is 9.10. The van der Waals surface area contributed by atoms with Crippen molar-refractivity contribution < 1.29 is 18.1 Å². The third-order valence-electron chi connectivity index (χ3n) is 4.42. The Bertz CT molecular complexity index is 932. The predicted octanol–water partition coefficient (Wildman–Crippen LogP) is 4.90. The van der Waals surface area contributed by atoms with E-state index >= 15 is 0 Å². The molecule has 186 valence electrons. The minimum absolute atomic E-state index is 0.209. The zero-order valence-corrected chi connectivity index (χ0v) is 22.8. The molecule has 0 unspecified atom stereocenters. The molecule has 11 heteroatoms. The summed E-state index contributed by atoms with van der Waals surface area (Å²) in [5.41, 5.74) is 1.44. The number of thiazole rings is 1. The van der Waals surface area contributed by atoms with Crippen LogP contribution >= 0.6 is 39.3 Å². The fourth-order valence-corrected chi connectivity index (χ4v) is 4.53. The first kappa shape index (κ1) is 28.4. The molecule has 2 aliphatic heterocycles. The van der Waals surface area contributed by atoms with Crippen LogP contribution in [0.1, 0.15) is 25.8 Å². The maximum Gasteiger partial charge on any atom is 0.337 e. The summed E-state index contributed by atoms with van der Waals surface area (Å²) in [6, 6.07) is 6.26. The van der Waals surface area contributed by atoms with E-state index < -0.39 is 0 Å². The second-order valence-electron chi connectivity index (χ2n) is 6.66. The van der Waals surface area contributed by atoms with Crippen LogP contribution in [0, 0.1) is 5.82 Å². The highest BCUT2D eigenvalue weighted by atomic mass is 79.9. The number of hydrogen-bond donors (Lipinski definition) is 1. The molecule has 4 rings (SSSR count). The lowest BCUT2D eigenvalue weighted by atomic mass is 10.1. The summed E-state index contributed by atoms with van der Waals surface area (Å²) < 4.78 is 23.5. The molecule has 7 nitrogen and oxygen atoms in total. The van der Waals surface area contributed by atoms with Crippen LogP contribution < -0.4 is 5.32 Å². The molecule has 2 aliphatic rings. The van der Waals surface area contributed by atoms with E-state index in [9.17, 15) is 9.18 Å². The van der Waals surface area contributed by atoms with Crippen molar-refractivity contribution >= 4 is 51.1 Å². The van der Waals surface area contributed by atoms with Crippen LogP contribution in [0.3, 0.4) is 0 Å². The van der Waals surface area contributed by atoms with E-state index in [1.807, 2.05) is 26.2 Å². The Morgan fingerprint density at radius 3 is 2.82 bits per heavy atom. The van der Waals surface area contributed by atoms with Crippen molar-refractivity contribution in [3.8, 4) is 0 Å². The van der Waals surface area contributed by atoms with E-state index in [1.165, 1.54) is 35.5 Å². The third-order valence-corrected chi connectivity index (χ3v) is 6.37. The molecule has 0 bridgehead atoms. The summed E-state index contributed by atoms with van der Waals surface area (Å²) in [6.07, 6.45) is 1.75. The molecule has 1 aromatic heterocycles. The average molecular weight is 574 g/mol. The molecular weight excluding hydrogens is 543 g/mol. The van der Waals surface area contributed by atoms with Crippen LogP contribution in [0.4, 0.5) is 4.39 Å². The number of carbonyl (C=O) groups excluding carboxylic acids is 1. The van der Waals surface area contributed by atoms with Gasteiger partial charge in [0.05, 0.1) is 25.3 Å². The highest BCUT2D eigenvalue weighted by Gasteiger charge is 2.25. The summed E-state index contributed by atoms with van der Waals surface area (Å²) in [7, 11) is 0. The van der Waals surface area contributed by atoms with Crippen molar-refractivity contribution in [2.75, 3.05) is 45.1 Å². The second-order valence-corrected chi connectivity index (χ2v) is 9.35. The van der Waals surface area contributed by atoms with Gasteiger partial charge in [-0.2, -0.15) is 0 Å². The fourth-order valence-electron chi connectivity index (χ4n) is 2.92. The number of rotatable bonds is 5. The standard InChI is InChI=1S/C15H20N4O3S2.C6H4BrF.C2H6/c1-2-21-15(20)11-9-17-13(14-16-3-7-23-14)18-12(11)10-19-4-6-22-24-8-5-19;7-5-2-1-3-6(8)4-5;1-2/h3,7H,2,4-6,8-10H2,1H3,(H,17,18);1-4H;1-2H3. The summed E-state index contributed by atoms with van der Waals surface area (Å²) in [6.45, 7) is 9.54. The Morgan fingerprint density at radius 1 is 1.35 bits per heavy atom. The van der Waals surface area contributed by atoms with Gasteiger partial charge in [0, 0.05) is 47.1 Å². The summed E-state index contributed by atoms with van der Waals surface area (Å²) in [5.74, 6) is 1.12. The van der Waals surface area contributed by atoms with Gasteiger partial charge in [0.25, 0.3) is 0 Å². The van der Waals surface area contributed by atoms with E-state index in [0.29, 0.717) is 37.7 Å². The topological polar surface area (TPSA) is 76.0 Å². The van der Waals surface area contributed by atoms with E-state index in [4.69, 9.17) is 8.92 Å². The Hall–Kier alpha value is -1.79. The second kappa shape index (κ2) is 16.0. The summed E-state index contributed by atoms with van der Waals surface area (Å²) in [4.78, 5) is 23.3. The Balaban J connectivity index is 0.000000343. The molecule has 34 heavy (non-hydrogen) atoms. The van der Waals surface area contributed by atoms with Gasteiger partial charge in [-0.3, -0.25) is 9.89 Å². The molecule has 0 atom stereocenters. The first-order chi connectivity index (χ1) is 16.6. The number of hydrogen-bond acceptors (Lipinski definition) is 9. The molecule has 1 fully saturated rings. The quantitative estimate of drug-likeness (QED) is 0.403. The number of aliphatic imine (C=N–C) groups is 1. The van der Waals surface area contributed by atoms with Gasteiger partial charge in [-0.1, -0.05) is 35.8 Å². The fraction of sp³-hybridized carbons (Fsp3) is 0.435. The molecule has 2 aromatic rings. The molecule has 0 aliphatic carbocycles. The van der Waals surface area contributed by atoms with E-state index in [2.05, 4.69) is 36.1 Å². The molecule has 1 aromatic carbocycles. The van der Waals surface area contributed by atoms with Crippen molar-refractivity contribution in [2.45, 2.75) is 20.8 Å². The van der Waals surface area contributed by atoms with Gasteiger partial charge in [-0.05, 0) is 37.2 Å². The van der Waals surface area contributed by atoms with Crippen LogP contribution in [0.2, 0.25) is 0 Å². The Morgan fingerprint density at radius 2 is 2.18 bits per heavy atom. The molecule has 1 N–H and O–H groups in total. The molecular formula is C23H30BrFN4O3S2. The van der Waals surface area contributed by atoms with E-state index in [1.54, 1.807) is 18.3 Å². The zero-order valence-electron chi connectivity index (χ0n) is 19.6. The Labute approximate surface area is 217 Å². The molecule has 0 radical (unpaired) electrons. The van der Waals surface area contributed by atoms with Gasteiger partial charge in [0.2, 0.25) is 0 Å². The minimum atomic E-state index is -0.303. The van der Waals surface area contributed by atoms with Crippen LogP contribution in [0.25, 0.3) is 0 Å². The maximum absolute atomic E-state index is 12.3. The highest BCUT2D eigenvalue weighted by Crippen LogP contribution is 2.17. The van der Waals surface area contributed by atoms with Gasteiger partial charge in [0.1, 0.15) is 5.82 Å².